The minimum Gasteiger partial charge on any atom is -0.268 e. The van der Waals surface area contributed by atoms with Crippen molar-refractivity contribution in [2.45, 2.75) is 9.79 Å². The van der Waals surface area contributed by atoms with Gasteiger partial charge in [0.25, 0.3) is 15.9 Å². The summed E-state index contributed by atoms with van der Waals surface area (Å²) in [6, 6.07) is 11.4. The third kappa shape index (κ3) is 2.96. The molecular weight excluding hydrogens is 377 g/mol. The van der Waals surface area contributed by atoms with Gasteiger partial charge < -0.3 is 0 Å². The molecule has 0 fully saturated rings. The molecular formula is C15H11Cl2NO3S2. The third-order valence-corrected chi connectivity index (χ3v) is 7.18. The number of halogens is 2. The van der Waals surface area contributed by atoms with Crippen LogP contribution < -0.4 is 0 Å². The number of fused-ring (bicyclic) bond motifs is 1. The van der Waals surface area contributed by atoms with Crippen molar-refractivity contribution in [2.75, 3.05) is 12.3 Å². The van der Waals surface area contributed by atoms with E-state index in [0.29, 0.717) is 20.7 Å². The van der Waals surface area contributed by atoms with E-state index in [-0.39, 0.29) is 17.0 Å². The predicted molar refractivity (Wildman–Crippen MR) is 91.9 cm³/mol. The van der Waals surface area contributed by atoms with E-state index in [1.54, 1.807) is 30.3 Å². The summed E-state index contributed by atoms with van der Waals surface area (Å²) in [5.41, 5.74) is 0.216. The Labute approximate surface area is 148 Å². The van der Waals surface area contributed by atoms with Crippen molar-refractivity contribution >= 4 is 50.9 Å². The molecule has 2 aromatic carbocycles. The van der Waals surface area contributed by atoms with Crippen molar-refractivity contribution in [1.29, 1.82) is 0 Å². The molecule has 0 N–H and O–H groups in total. The van der Waals surface area contributed by atoms with Crippen LogP contribution in [0.25, 0.3) is 0 Å². The minimum atomic E-state index is -3.77. The Hall–Kier alpha value is -1.21. The van der Waals surface area contributed by atoms with Crippen molar-refractivity contribution in [3.63, 3.8) is 0 Å². The van der Waals surface area contributed by atoms with Crippen LogP contribution in [0.2, 0.25) is 10.0 Å². The van der Waals surface area contributed by atoms with Crippen molar-refractivity contribution < 1.29 is 13.2 Å². The van der Waals surface area contributed by atoms with E-state index in [1.807, 2.05) is 0 Å². The summed E-state index contributed by atoms with van der Waals surface area (Å²) >= 11 is 13.5. The Kier molecular flexibility index (Phi) is 4.60. The standard InChI is InChI=1S/C15H11Cl2NO3S2/c16-11-5-3-6-12(17)14(11)22-9-8-18-15(19)10-4-1-2-7-13(10)23(18,20)21/h1-7H,8-9H2. The number of carbonyl (C=O) groups is 1. The average Bonchev–Trinajstić information content (AvgIpc) is 2.71. The Balaban J connectivity index is 1.76. The quantitative estimate of drug-likeness (QED) is 0.745. The highest BCUT2D eigenvalue weighted by molar-refractivity contribution is 7.99. The number of rotatable bonds is 4. The van der Waals surface area contributed by atoms with Crippen LogP contribution in [0, 0.1) is 0 Å². The second kappa shape index (κ2) is 6.36. The maximum absolute atomic E-state index is 12.4. The maximum atomic E-state index is 12.4. The lowest BCUT2D eigenvalue weighted by Gasteiger charge is -2.15. The van der Waals surface area contributed by atoms with Gasteiger partial charge in [0.1, 0.15) is 4.90 Å². The van der Waals surface area contributed by atoms with Crippen LogP contribution in [0.1, 0.15) is 10.4 Å². The molecule has 8 heteroatoms. The largest absolute Gasteiger partial charge is 0.269 e. The van der Waals surface area contributed by atoms with Crippen molar-refractivity contribution in [2.24, 2.45) is 0 Å². The van der Waals surface area contributed by atoms with Crippen LogP contribution in [0.4, 0.5) is 0 Å². The lowest BCUT2D eigenvalue weighted by molar-refractivity contribution is 0.0876. The number of thioether (sulfide) groups is 1. The second-order valence-corrected chi connectivity index (χ2v) is 8.53. The van der Waals surface area contributed by atoms with Gasteiger partial charge in [-0.15, -0.1) is 11.8 Å². The van der Waals surface area contributed by atoms with Crippen LogP contribution in [0.3, 0.4) is 0 Å². The first kappa shape index (κ1) is 16.6. The van der Waals surface area contributed by atoms with Gasteiger partial charge in [-0.1, -0.05) is 41.4 Å². The monoisotopic (exact) mass is 387 g/mol. The van der Waals surface area contributed by atoms with Gasteiger partial charge in [0.2, 0.25) is 0 Å². The topological polar surface area (TPSA) is 54.5 Å². The molecule has 0 aliphatic carbocycles. The lowest BCUT2D eigenvalue weighted by atomic mass is 10.2. The zero-order valence-corrected chi connectivity index (χ0v) is 14.8. The van der Waals surface area contributed by atoms with Crippen LogP contribution >= 0.6 is 35.0 Å². The first-order valence-electron chi connectivity index (χ1n) is 6.66. The molecule has 23 heavy (non-hydrogen) atoms. The van der Waals surface area contributed by atoms with Gasteiger partial charge in [-0.3, -0.25) is 4.79 Å². The molecule has 0 atom stereocenters. The molecule has 0 radical (unpaired) electrons. The molecule has 0 bridgehead atoms. The van der Waals surface area contributed by atoms with Crippen LogP contribution in [-0.2, 0) is 10.0 Å². The molecule has 120 valence electrons. The summed E-state index contributed by atoms with van der Waals surface area (Å²) < 4.78 is 25.7. The Morgan fingerprint density at radius 3 is 2.30 bits per heavy atom. The summed E-state index contributed by atoms with van der Waals surface area (Å²) in [6.45, 7) is 0.0576. The highest BCUT2D eigenvalue weighted by Crippen LogP contribution is 2.35. The molecule has 2 aromatic rings. The number of hydrogen-bond acceptors (Lipinski definition) is 4. The van der Waals surface area contributed by atoms with Crippen LogP contribution in [-0.4, -0.2) is 30.9 Å². The number of benzene rings is 2. The minimum absolute atomic E-state index is 0.0576. The summed E-state index contributed by atoms with van der Waals surface area (Å²) in [6.07, 6.45) is 0. The highest BCUT2D eigenvalue weighted by Gasteiger charge is 2.40. The molecule has 0 unspecified atom stereocenters. The third-order valence-electron chi connectivity index (χ3n) is 3.37. The van der Waals surface area contributed by atoms with Crippen LogP contribution in [0.5, 0.6) is 0 Å². The van der Waals surface area contributed by atoms with Gasteiger partial charge in [0, 0.05) is 17.2 Å². The average molecular weight is 388 g/mol. The Morgan fingerprint density at radius 2 is 1.65 bits per heavy atom. The van der Waals surface area contributed by atoms with E-state index < -0.39 is 15.9 Å². The summed E-state index contributed by atoms with van der Waals surface area (Å²) in [5.74, 6) is -0.131. The maximum Gasteiger partial charge on any atom is 0.269 e. The van der Waals surface area contributed by atoms with E-state index in [0.717, 1.165) is 4.31 Å². The zero-order chi connectivity index (χ0) is 16.6. The fourth-order valence-corrected chi connectivity index (χ4v) is 5.60. The molecule has 1 aliphatic heterocycles. The van der Waals surface area contributed by atoms with Gasteiger partial charge in [-0.2, -0.15) is 0 Å². The molecule has 3 rings (SSSR count). The molecule has 1 amide bonds. The first-order valence-corrected chi connectivity index (χ1v) is 9.84. The summed E-state index contributed by atoms with van der Waals surface area (Å²) in [4.78, 5) is 13.0. The molecule has 0 aromatic heterocycles. The van der Waals surface area contributed by atoms with Gasteiger partial charge in [0.15, 0.2) is 0 Å². The number of amides is 1. The van der Waals surface area contributed by atoms with Crippen molar-refractivity contribution in [3.8, 4) is 0 Å². The Morgan fingerprint density at radius 1 is 1.00 bits per heavy atom. The van der Waals surface area contributed by atoms with Gasteiger partial charge in [0.05, 0.1) is 15.6 Å². The predicted octanol–water partition coefficient (Wildman–Crippen LogP) is 3.93. The normalized spacial score (nSPS) is 15.7. The van der Waals surface area contributed by atoms with E-state index in [1.165, 1.54) is 23.9 Å². The number of sulfonamides is 1. The fourth-order valence-electron chi connectivity index (χ4n) is 2.30. The Bertz CT molecular complexity index is 864. The molecule has 0 saturated heterocycles. The van der Waals surface area contributed by atoms with Crippen LogP contribution in [0.15, 0.2) is 52.3 Å². The molecule has 0 spiro atoms. The summed E-state index contributed by atoms with van der Waals surface area (Å²) in [7, 11) is -3.77. The first-order chi connectivity index (χ1) is 10.9. The lowest BCUT2D eigenvalue weighted by Crippen LogP contribution is -2.32. The molecule has 0 saturated carbocycles. The van der Waals surface area contributed by atoms with Gasteiger partial charge in [-0.05, 0) is 24.3 Å². The van der Waals surface area contributed by atoms with E-state index in [2.05, 4.69) is 0 Å². The smallest absolute Gasteiger partial charge is 0.268 e. The SMILES string of the molecule is O=C1c2ccccc2S(=O)(=O)N1CCSc1c(Cl)cccc1Cl. The second-order valence-electron chi connectivity index (χ2n) is 4.78. The number of carbonyl (C=O) groups excluding carboxylic acids is 1. The van der Waals surface area contributed by atoms with Gasteiger partial charge >= 0.3 is 0 Å². The summed E-state index contributed by atoms with van der Waals surface area (Å²) in [5, 5.41) is 1.00. The number of hydrogen-bond donors (Lipinski definition) is 0. The van der Waals surface area contributed by atoms with E-state index >= 15 is 0 Å². The fraction of sp³-hybridized carbons (Fsp3) is 0.133. The van der Waals surface area contributed by atoms with E-state index in [9.17, 15) is 13.2 Å². The van der Waals surface area contributed by atoms with Crippen molar-refractivity contribution in [3.05, 3.63) is 58.1 Å². The highest BCUT2D eigenvalue weighted by atomic mass is 35.5. The van der Waals surface area contributed by atoms with E-state index in [4.69, 9.17) is 23.2 Å². The van der Waals surface area contributed by atoms with Gasteiger partial charge in [-0.25, -0.2) is 12.7 Å². The molecule has 4 nitrogen and oxygen atoms in total. The van der Waals surface area contributed by atoms with Crippen molar-refractivity contribution in [1.82, 2.24) is 4.31 Å². The number of nitrogens with zero attached hydrogens (tertiary/aromatic N) is 1. The molecule has 1 aliphatic rings. The zero-order valence-electron chi connectivity index (χ0n) is 11.7. The molecule has 1 heterocycles.